The largest absolute Gasteiger partial charge is 0.327 e. The lowest BCUT2D eigenvalue weighted by Crippen LogP contribution is -2.40. The minimum Gasteiger partial charge on any atom is -0.327 e. The maximum absolute atomic E-state index is 12.8. The van der Waals surface area contributed by atoms with Gasteiger partial charge in [0.2, 0.25) is 0 Å². The van der Waals surface area contributed by atoms with Gasteiger partial charge in [0, 0.05) is 17.5 Å². The molecule has 118 valence electrons. The van der Waals surface area contributed by atoms with Gasteiger partial charge in [-0.2, -0.15) is 0 Å². The number of hydrogen-bond acceptors (Lipinski definition) is 3. The number of rotatable bonds is 4. The molecule has 1 amide bonds. The normalized spacial score (nSPS) is 18.7. The van der Waals surface area contributed by atoms with E-state index < -0.39 is 15.9 Å². The fourth-order valence-corrected chi connectivity index (χ4v) is 3.92. The number of sulfone groups is 1. The van der Waals surface area contributed by atoms with Crippen molar-refractivity contribution in [3.05, 3.63) is 83.3 Å². The number of amides is 1. The first-order valence-electron chi connectivity index (χ1n) is 7.36. The number of carbonyl (C=O) groups excluding carboxylic acids is 1. The molecule has 0 spiro atoms. The maximum atomic E-state index is 12.8. The van der Waals surface area contributed by atoms with Gasteiger partial charge >= 0.3 is 0 Å². The van der Waals surface area contributed by atoms with E-state index in [1.165, 1.54) is 5.41 Å². The first-order chi connectivity index (χ1) is 11.1. The van der Waals surface area contributed by atoms with Crippen molar-refractivity contribution >= 4 is 15.7 Å². The van der Waals surface area contributed by atoms with E-state index in [2.05, 4.69) is 0 Å². The first kappa shape index (κ1) is 15.5. The number of nitrogens with zero attached hydrogens (tertiary/aromatic N) is 1. The van der Waals surface area contributed by atoms with Gasteiger partial charge in [0.15, 0.2) is 9.84 Å². The summed E-state index contributed by atoms with van der Waals surface area (Å²) in [4.78, 5) is 14.5. The molecular weight excluding hydrogens is 310 g/mol. The van der Waals surface area contributed by atoms with Gasteiger partial charge in [0.25, 0.3) is 5.91 Å². The summed E-state index contributed by atoms with van der Waals surface area (Å²) in [5, 5.41) is 1.20. The molecule has 1 atom stereocenters. The second kappa shape index (κ2) is 6.38. The third-order valence-electron chi connectivity index (χ3n) is 3.79. The average molecular weight is 327 g/mol. The number of carbonyl (C=O) groups is 1. The quantitative estimate of drug-likeness (QED) is 0.867. The molecule has 0 N–H and O–H groups in total. The molecule has 3 rings (SSSR count). The molecule has 0 saturated carbocycles. The van der Waals surface area contributed by atoms with E-state index in [-0.39, 0.29) is 11.7 Å². The van der Waals surface area contributed by atoms with Crippen LogP contribution < -0.4 is 0 Å². The summed E-state index contributed by atoms with van der Waals surface area (Å²) in [6.45, 7) is 0.374. The van der Waals surface area contributed by atoms with E-state index in [1.807, 2.05) is 36.4 Å². The van der Waals surface area contributed by atoms with E-state index in [0.29, 0.717) is 12.1 Å². The van der Waals surface area contributed by atoms with Crippen LogP contribution in [-0.4, -0.2) is 31.0 Å². The molecular formula is C18H17NO3S. The first-order valence-corrected chi connectivity index (χ1v) is 9.08. The van der Waals surface area contributed by atoms with Crippen LogP contribution in [0.5, 0.6) is 0 Å². The van der Waals surface area contributed by atoms with Crippen molar-refractivity contribution in [1.29, 1.82) is 0 Å². The highest BCUT2D eigenvalue weighted by Crippen LogP contribution is 2.20. The zero-order valence-corrected chi connectivity index (χ0v) is 13.3. The van der Waals surface area contributed by atoms with E-state index in [9.17, 15) is 13.2 Å². The summed E-state index contributed by atoms with van der Waals surface area (Å²) in [6.07, 6.45) is 1.60. The Balaban J connectivity index is 1.90. The summed E-state index contributed by atoms with van der Waals surface area (Å²) in [5.41, 5.74) is 1.52. The fraction of sp³-hybridized carbons (Fsp3) is 0.167. The van der Waals surface area contributed by atoms with Crippen LogP contribution in [0.3, 0.4) is 0 Å². The molecule has 4 nitrogen and oxygen atoms in total. The molecule has 1 aliphatic heterocycles. The zero-order valence-electron chi connectivity index (χ0n) is 12.5. The lowest BCUT2D eigenvalue weighted by atomic mass is 10.1. The van der Waals surface area contributed by atoms with Crippen LogP contribution in [0.2, 0.25) is 0 Å². The highest BCUT2D eigenvalue weighted by atomic mass is 32.2. The highest BCUT2D eigenvalue weighted by molar-refractivity contribution is 7.94. The molecule has 1 heterocycles. The minimum atomic E-state index is -3.22. The maximum Gasteiger partial charge on any atom is 0.254 e. The molecule has 2 aromatic rings. The number of benzene rings is 2. The third-order valence-corrected chi connectivity index (χ3v) is 5.17. The average Bonchev–Trinajstić information content (AvgIpc) is 2.93. The standard InChI is InChI=1S/C18H17NO3S/c20-18(16-9-5-2-6-10-16)19(13-15-7-3-1-4-8-15)17-11-12-23(21,22)14-17/h1-12,17H,13-14H2/t17-/m1/s1. The second-order valence-corrected chi connectivity index (χ2v) is 7.44. The van der Waals surface area contributed by atoms with Crippen molar-refractivity contribution in [2.45, 2.75) is 12.6 Å². The molecule has 1 aliphatic rings. The van der Waals surface area contributed by atoms with Crippen molar-refractivity contribution in [3.8, 4) is 0 Å². The fourth-order valence-electron chi connectivity index (χ4n) is 2.62. The minimum absolute atomic E-state index is 0.0571. The topological polar surface area (TPSA) is 54.5 Å². The molecule has 5 heteroatoms. The lowest BCUT2D eigenvalue weighted by Gasteiger charge is -2.28. The van der Waals surface area contributed by atoms with E-state index >= 15 is 0 Å². The summed E-state index contributed by atoms with van der Waals surface area (Å²) >= 11 is 0. The summed E-state index contributed by atoms with van der Waals surface area (Å²) in [5.74, 6) is -0.223. The van der Waals surface area contributed by atoms with E-state index in [0.717, 1.165) is 5.56 Å². The molecule has 0 unspecified atom stereocenters. The Morgan fingerprint density at radius 3 is 2.17 bits per heavy atom. The van der Waals surface area contributed by atoms with Gasteiger partial charge in [-0.3, -0.25) is 4.79 Å². The van der Waals surface area contributed by atoms with Crippen molar-refractivity contribution in [3.63, 3.8) is 0 Å². The Morgan fingerprint density at radius 2 is 1.61 bits per heavy atom. The van der Waals surface area contributed by atoms with Gasteiger partial charge in [-0.1, -0.05) is 48.5 Å². The lowest BCUT2D eigenvalue weighted by molar-refractivity contribution is 0.0713. The van der Waals surface area contributed by atoms with Gasteiger partial charge in [-0.25, -0.2) is 8.42 Å². The predicted octanol–water partition coefficient (Wildman–Crippen LogP) is 2.64. The molecule has 0 aromatic heterocycles. The Kier molecular flexibility index (Phi) is 4.30. The zero-order chi connectivity index (χ0) is 16.3. The summed E-state index contributed by atoms with van der Waals surface area (Å²) < 4.78 is 23.5. The second-order valence-electron chi connectivity index (χ2n) is 5.51. The molecule has 0 fully saturated rings. The van der Waals surface area contributed by atoms with Crippen molar-refractivity contribution in [2.24, 2.45) is 0 Å². The highest BCUT2D eigenvalue weighted by Gasteiger charge is 2.30. The predicted molar refractivity (Wildman–Crippen MR) is 89.5 cm³/mol. The molecule has 0 aliphatic carbocycles. The van der Waals surface area contributed by atoms with Crippen LogP contribution in [0.15, 0.2) is 72.1 Å². The Hall–Kier alpha value is -2.40. The van der Waals surface area contributed by atoms with Crippen LogP contribution in [-0.2, 0) is 16.4 Å². The van der Waals surface area contributed by atoms with E-state index in [1.54, 1.807) is 35.2 Å². The van der Waals surface area contributed by atoms with Crippen LogP contribution in [0.1, 0.15) is 15.9 Å². The van der Waals surface area contributed by atoms with Crippen LogP contribution in [0.25, 0.3) is 0 Å². The van der Waals surface area contributed by atoms with Gasteiger partial charge in [-0.15, -0.1) is 0 Å². The van der Waals surface area contributed by atoms with Gasteiger partial charge in [0.1, 0.15) is 0 Å². The molecule has 0 saturated heterocycles. The monoisotopic (exact) mass is 327 g/mol. The Bertz CT molecular complexity index is 814. The molecule has 2 aromatic carbocycles. The SMILES string of the molecule is O=C(c1ccccc1)N(Cc1ccccc1)[C@@H]1C=CS(=O)(=O)C1. The summed E-state index contributed by atoms with van der Waals surface area (Å²) in [7, 11) is -3.22. The Morgan fingerprint density at radius 1 is 1.00 bits per heavy atom. The van der Waals surface area contributed by atoms with Gasteiger partial charge in [0.05, 0.1) is 11.8 Å². The smallest absolute Gasteiger partial charge is 0.254 e. The third kappa shape index (κ3) is 3.68. The van der Waals surface area contributed by atoms with Crippen molar-refractivity contribution < 1.29 is 13.2 Å². The van der Waals surface area contributed by atoms with Crippen LogP contribution in [0.4, 0.5) is 0 Å². The van der Waals surface area contributed by atoms with Crippen molar-refractivity contribution in [2.75, 3.05) is 5.75 Å². The van der Waals surface area contributed by atoms with E-state index in [4.69, 9.17) is 0 Å². The Labute approximate surface area is 136 Å². The summed E-state index contributed by atoms with van der Waals surface area (Å²) in [6, 6.07) is 18.1. The van der Waals surface area contributed by atoms with Gasteiger partial charge < -0.3 is 4.90 Å². The van der Waals surface area contributed by atoms with Crippen molar-refractivity contribution in [1.82, 2.24) is 4.90 Å². The number of hydrogen-bond donors (Lipinski definition) is 0. The van der Waals surface area contributed by atoms with Crippen LogP contribution >= 0.6 is 0 Å². The van der Waals surface area contributed by atoms with Crippen LogP contribution in [0, 0.1) is 0 Å². The molecule has 23 heavy (non-hydrogen) atoms. The van der Waals surface area contributed by atoms with Gasteiger partial charge in [-0.05, 0) is 23.8 Å². The molecule has 0 radical (unpaired) electrons. The molecule has 0 bridgehead atoms.